The number of piperidine rings is 1. The highest BCUT2D eigenvalue weighted by Crippen LogP contribution is 2.34. The lowest BCUT2D eigenvalue weighted by atomic mass is 10.0. The Bertz CT molecular complexity index is 480. The summed E-state index contributed by atoms with van der Waals surface area (Å²) in [6, 6.07) is 5.24. The molecule has 1 aromatic rings. The van der Waals surface area contributed by atoms with Gasteiger partial charge in [0.15, 0.2) is 0 Å². The molecule has 0 spiro atoms. The van der Waals surface area contributed by atoms with Crippen LogP contribution in [0, 0.1) is 6.92 Å². The van der Waals surface area contributed by atoms with E-state index >= 15 is 0 Å². The van der Waals surface area contributed by atoms with E-state index in [1.54, 1.807) is 0 Å². The Kier molecular flexibility index (Phi) is 5.35. The van der Waals surface area contributed by atoms with Gasteiger partial charge in [0.2, 0.25) is 0 Å². The van der Waals surface area contributed by atoms with Crippen LogP contribution in [-0.4, -0.2) is 36.1 Å². The minimum absolute atomic E-state index is 0.606. The summed E-state index contributed by atoms with van der Waals surface area (Å²) in [5.74, 6) is 1.19. The Morgan fingerprint density at radius 2 is 1.91 bits per heavy atom. The fourth-order valence-electron chi connectivity index (χ4n) is 4.02. The molecule has 22 heavy (non-hydrogen) atoms. The van der Waals surface area contributed by atoms with Gasteiger partial charge in [-0.15, -0.1) is 0 Å². The second kappa shape index (κ2) is 7.45. The third-order valence-electron chi connectivity index (χ3n) is 5.31. The molecule has 1 atom stereocenters. The van der Waals surface area contributed by atoms with Crippen molar-refractivity contribution in [2.75, 3.05) is 31.1 Å². The summed E-state index contributed by atoms with van der Waals surface area (Å²) in [7, 11) is 0. The summed E-state index contributed by atoms with van der Waals surface area (Å²) >= 11 is 0. The number of aromatic nitrogens is 1. The van der Waals surface area contributed by atoms with Crippen molar-refractivity contribution in [2.45, 2.75) is 64.8 Å². The molecule has 0 unspecified atom stereocenters. The second-order valence-corrected chi connectivity index (χ2v) is 6.94. The molecule has 0 aliphatic carbocycles. The molecule has 0 bridgehead atoms. The van der Waals surface area contributed by atoms with Crippen LogP contribution in [0.4, 0.5) is 5.82 Å². The number of aryl methyl sites for hydroxylation is 1. The standard InChI is InChI=1S/C19H31N3/c1-3-4-12-21-15-8-9-18(21)17-10-11-19(20-16(17)2)22-13-6-5-7-14-22/h10-11,18H,3-9,12-15H2,1-2H3/t18-/m0/s1. The summed E-state index contributed by atoms with van der Waals surface area (Å²) < 4.78 is 0. The molecule has 3 heterocycles. The third kappa shape index (κ3) is 3.45. The fraction of sp³-hybridized carbons (Fsp3) is 0.737. The lowest BCUT2D eigenvalue weighted by molar-refractivity contribution is 0.252. The van der Waals surface area contributed by atoms with Crippen molar-refractivity contribution in [3.8, 4) is 0 Å². The molecule has 3 heteroatoms. The normalized spacial score (nSPS) is 23.2. The first-order valence-electron chi connectivity index (χ1n) is 9.26. The number of nitrogens with zero attached hydrogens (tertiary/aromatic N) is 3. The Hall–Kier alpha value is -1.09. The van der Waals surface area contributed by atoms with Crippen molar-refractivity contribution in [3.05, 3.63) is 23.4 Å². The van der Waals surface area contributed by atoms with Gasteiger partial charge in [0.25, 0.3) is 0 Å². The van der Waals surface area contributed by atoms with Gasteiger partial charge in [0, 0.05) is 24.8 Å². The van der Waals surface area contributed by atoms with Gasteiger partial charge in [-0.2, -0.15) is 0 Å². The summed E-state index contributed by atoms with van der Waals surface area (Å²) in [4.78, 5) is 10.1. The first-order chi connectivity index (χ1) is 10.8. The maximum absolute atomic E-state index is 4.96. The van der Waals surface area contributed by atoms with E-state index in [4.69, 9.17) is 4.98 Å². The number of unbranched alkanes of at least 4 members (excludes halogenated alkanes) is 1. The van der Waals surface area contributed by atoms with Crippen molar-refractivity contribution in [1.29, 1.82) is 0 Å². The zero-order valence-corrected chi connectivity index (χ0v) is 14.4. The largest absolute Gasteiger partial charge is 0.357 e. The molecule has 2 saturated heterocycles. The lowest BCUT2D eigenvalue weighted by Crippen LogP contribution is -2.30. The summed E-state index contributed by atoms with van der Waals surface area (Å²) in [6.45, 7) is 9.35. The molecule has 2 fully saturated rings. The van der Waals surface area contributed by atoms with Crippen molar-refractivity contribution in [1.82, 2.24) is 9.88 Å². The zero-order valence-electron chi connectivity index (χ0n) is 14.4. The topological polar surface area (TPSA) is 19.4 Å². The summed E-state index contributed by atoms with van der Waals surface area (Å²) in [6.07, 6.45) is 9.24. The molecular weight excluding hydrogens is 270 g/mol. The predicted octanol–water partition coefficient (Wildman–Crippen LogP) is 4.32. The van der Waals surface area contributed by atoms with E-state index in [1.165, 1.54) is 88.2 Å². The van der Waals surface area contributed by atoms with E-state index < -0.39 is 0 Å². The summed E-state index contributed by atoms with van der Waals surface area (Å²) in [5.41, 5.74) is 2.71. The average molecular weight is 301 g/mol. The lowest BCUT2D eigenvalue weighted by Gasteiger charge is -2.30. The predicted molar refractivity (Wildman–Crippen MR) is 93.5 cm³/mol. The van der Waals surface area contributed by atoms with Crippen LogP contribution < -0.4 is 4.90 Å². The quantitative estimate of drug-likeness (QED) is 0.807. The van der Waals surface area contributed by atoms with Gasteiger partial charge in [-0.3, -0.25) is 4.90 Å². The molecule has 0 saturated carbocycles. The highest BCUT2D eigenvalue weighted by Gasteiger charge is 2.27. The number of anilines is 1. The third-order valence-corrected chi connectivity index (χ3v) is 5.31. The van der Waals surface area contributed by atoms with Crippen molar-refractivity contribution in [3.63, 3.8) is 0 Å². The van der Waals surface area contributed by atoms with Crippen LogP contribution in [0.2, 0.25) is 0 Å². The van der Waals surface area contributed by atoms with E-state index in [-0.39, 0.29) is 0 Å². The van der Waals surface area contributed by atoms with E-state index in [0.29, 0.717) is 6.04 Å². The number of pyridine rings is 1. The number of rotatable bonds is 5. The Morgan fingerprint density at radius 1 is 1.09 bits per heavy atom. The van der Waals surface area contributed by atoms with Crippen LogP contribution in [-0.2, 0) is 0 Å². The SMILES string of the molecule is CCCCN1CCC[C@H]1c1ccc(N2CCCCC2)nc1C. The molecule has 1 aromatic heterocycles. The zero-order chi connectivity index (χ0) is 15.4. The van der Waals surface area contributed by atoms with Gasteiger partial charge < -0.3 is 4.90 Å². The van der Waals surface area contributed by atoms with Crippen molar-refractivity contribution in [2.24, 2.45) is 0 Å². The fourth-order valence-corrected chi connectivity index (χ4v) is 4.02. The van der Waals surface area contributed by atoms with Crippen LogP contribution >= 0.6 is 0 Å². The van der Waals surface area contributed by atoms with Gasteiger partial charge in [0.1, 0.15) is 5.82 Å². The molecule has 0 N–H and O–H groups in total. The Labute approximate surface area is 135 Å². The van der Waals surface area contributed by atoms with Crippen molar-refractivity contribution >= 4 is 5.82 Å². The number of hydrogen-bond donors (Lipinski definition) is 0. The molecular formula is C19H31N3. The molecule has 3 rings (SSSR count). The van der Waals surface area contributed by atoms with Gasteiger partial charge in [-0.1, -0.05) is 19.4 Å². The maximum Gasteiger partial charge on any atom is 0.128 e. The molecule has 2 aliphatic heterocycles. The highest BCUT2D eigenvalue weighted by molar-refractivity contribution is 5.43. The van der Waals surface area contributed by atoms with Crippen LogP contribution in [0.1, 0.15) is 69.2 Å². The molecule has 0 amide bonds. The van der Waals surface area contributed by atoms with Gasteiger partial charge in [0.05, 0.1) is 0 Å². The minimum atomic E-state index is 0.606. The monoisotopic (exact) mass is 301 g/mol. The van der Waals surface area contributed by atoms with E-state index in [1.807, 2.05) is 0 Å². The first kappa shape index (κ1) is 15.8. The van der Waals surface area contributed by atoms with Crippen LogP contribution in [0.15, 0.2) is 12.1 Å². The van der Waals surface area contributed by atoms with Crippen LogP contribution in [0.5, 0.6) is 0 Å². The molecule has 0 radical (unpaired) electrons. The Morgan fingerprint density at radius 3 is 2.64 bits per heavy atom. The first-order valence-corrected chi connectivity index (χ1v) is 9.26. The number of hydrogen-bond acceptors (Lipinski definition) is 3. The summed E-state index contributed by atoms with van der Waals surface area (Å²) in [5, 5.41) is 0. The van der Waals surface area contributed by atoms with Crippen LogP contribution in [0.3, 0.4) is 0 Å². The second-order valence-electron chi connectivity index (χ2n) is 6.94. The van der Waals surface area contributed by atoms with Gasteiger partial charge in [-0.25, -0.2) is 4.98 Å². The van der Waals surface area contributed by atoms with E-state index in [0.717, 1.165) is 0 Å². The van der Waals surface area contributed by atoms with E-state index in [9.17, 15) is 0 Å². The minimum Gasteiger partial charge on any atom is -0.357 e. The molecule has 122 valence electrons. The Balaban J connectivity index is 1.73. The average Bonchev–Trinajstić information content (AvgIpc) is 3.02. The van der Waals surface area contributed by atoms with Crippen LogP contribution in [0.25, 0.3) is 0 Å². The van der Waals surface area contributed by atoms with E-state index in [2.05, 4.69) is 35.8 Å². The molecule has 3 nitrogen and oxygen atoms in total. The smallest absolute Gasteiger partial charge is 0.128 e. The van der Waals surface area contributed by atoms with Crippen molar-refractivity contribution < 1.29 is 0 Å². The molecule has 2 aliphatic rings. The highest BCUT2D eigenvalue weighted by atomic mass is 15.2. The number of likely N-dealkylation sites (tertiary alicyclic amines) is 1. The van der Waals surface area contributed by atoms with Gasteiger partial charge >= 0.3 is 0 Å². The molecule has 0 aromatic carbocycles. The maximum atomic E-state index is 4.96. The van der Waals surface area contributed by atoms with Gasteiger partial charge in [-0.05, 0) is 70.2 Å².